The Morgan fingerprint density at radius 2 is 1.86 bits per heavy atom. The average Bonchev–Trinajstić information content (AvgIpc) is 2.02. The maximum atomic E-state index is 10.3. The molecule has 0 amide bonds. The van der Waals surface area contributed by atoms with Crippen molar-refractivity contribution in [3.63, 3.8) is 0 Å². The highest BCUT2D eigenvalue weighted by atomic mass is 16.5. The van der Waals surface area contributed by atoms with Crippen LogP contribution in [0.4, 0.5) is 0 Å². The molecule has 0 aromatic heterocycles. The van der Waals surface area contributed by atoms with Crippen LogP contribution in [0.3, 0.4) is 0 Å². The van der Waals surface area contributed by atoms with Gasteiger partial charge >= 0.3 is 5.97 Å². The van der Waals surface area contributed by atoms with Crippen LogP contribution in [-0.4, -0.2) is 24.8 Å². The number of methoxy groups -OCH3 is 1. The van der Waals surface area contributed by atoms with Crippen molar-refractivity contribution in [2.24, 2.45) is 0 Å². The van der Waals surface area contributed by atoms with Gasteiger partial charge in [0.25, 0.3) is 0 Å². The lowest BCUT2D eigenvalue weighted by molar-refractivity contribution is -0.136. The van der Waals surface area contributed by atoms with Gasteiger partial charge in [0.15, 0.2) is 0 Å². The molecule has 0 aliphatic rings. The monoisotopic (exact) mass is 200 g/mol. The minimum atomic E-state index is -0.861. The molecule has 0 saturated heterocycles. The smallest absolute Gasteiger partial charge is 0.307 e. The Kier molecular flexibility index (Phi) is 6.49. The van der Waals surface area contributed by atoms with Crippen molar-refractivity contribution in [1.82, 2.24) is 0 Å². The molecule has 14 heavy (non-hydrogen) atoms. The topological polar surface area (TPSA) is 55.8 Å². The van der Waals surface area contributed by atoms with Crippen molar-refractivity contribution in [2.75, 3.05) is 13.7 Å². The third-order valence-corrected chi connectivity index (χ3v) is 1.34. The van der Waals surface area contributed by atoms with Gasteiger partial charge < -0.3 is 14.6 Å². The third kappa shape index (κ3) is 7.36. The van der Waals surface area contributed by atoms with Crippen molar-refractivity contribution in [3.8, 4) is 0 Å². The Balaban J connectivity index is 3.90. The summed E-state index contributed by atoms with van der Waals surface area (Å²) in [5, 5.41) is 8.44. The average molecular weight is 200 g/mol. The van der Waals surface area contributed by atoms with Crippen LogP contribution < -0.4 is 0 Å². The quantitative estimate of drug-likeness (QED) is 0.665. The third-order valence-electron chi connectivity index (χ3n) is 1.34. The first-order valence-corrected chi connectivity index (χ1v) is 4.23. The van der Waals surface area contributed by atoms with E-state index < -0.39 is 5.97 Å². The van der Waals surface area contributed by atoms with Crippen LogP contribution in [-0.2, 0) is 14.3 Å². The summed E-state index contributed by atoms with van der Waals surface area (Å²) in [6.45, 7) is 4.07. The Hall–Kier alpha value is -1.29. The zero-order valence-corrected chi connectivity index (χ0v) is 8.74. The second-order valence-corrected chi connectivity index (χ2v) is 3.07. The molecule has 0 fully saturated rings. The minimum absolute atomic E-state index is 0.00281. The summed E-state index contributed by atoms with van der Waals surface area (Å²) in [5.74, 6) is -0.861. The predicted molar refractivity (Wildman–Crippen MR) is 52.7 cm³/mol. The second-order valence-electron chi connectivity index (χ2n) is 3.07. The van der Waals surface area contributed by atoms with E-state index in [1.807, 2.05) is 6.92 Å². The summed E-state index contributed by atoms with van der Waals surface area (Å²) in [5.41, 5.74) is 1.60. The molecule has 0 aromatic rings. The number of rotatable bonds is 6. The van der Waals surface area contributed by atoms with Crippen molar-refractivity contribution < 1.29 is 19.4 Å². The van der Waals surface area contributed by atoms with Crippen LogP contribution in [0.2, 0.25) is 0 Å². The van der Waals surface area contributed by atoms with E-state index in [0.29, 0.717) is 12.2 Å². The fourth-order valence-electron chi connectivity index (χ4n) is 0.808. The zero-order chi connectivity index (χ0) is 11.0. The van der Waals surface area contributed by atoms with Crippen LogP contribution in [0.25, 0.3) is 0 Å². The molecule has 0 aromatic carbocycles. The predicted octanol–water partition coefficient (Wildman–Crippen LogP) is 1.93. The second kappa shape index (κ2) is 7.15. The molecular formula is C10H16O4. The minimum Gasteiger partial charge on any atom is -0.481 e. The van der Waals surface area contributed by atoms with Gasteiger partial charge in [0.1, 0.15) is 0 Å². The number of carboxylic acids is 1. The standard InChI is InChI=1S/C10H16O4/c1-8(4-10(11)12)6-14-7-9(2)5-13-3/h6-7H,4-5H2,1-3H3,(H,11,12)/b8-6+,9-7+. The molecule has 0 spiro atoms. The highest BCUT2D eigenvalue weighted by Crippen LogP contribution is 2.01. The summed E-state index contributed by atoms with van der Waals surface area (Å²) in [4.78, 5) is 10.3. The highest BCUT2D eigenvalue weighted by Gasteiger charge is 1.97. The van der Waals surface area contributed by atoms with Crippen LogP contribution in [0.1, 0.15) is 20.3 Å². The van der Waals surface area contributed by atoms with E-state index in [0.717, 1.165) is 5.57 Å². The normalized spacial score (nSPS) is 12.8. The largest absolute Gasteiger partial charge is 0.481 e. The first kappa shape index (κ1) is 12.7. The molecule has 0 unspecified atom stereocenters. The molecule has 0 heterocycles. The summed E-state index contributed by atoms with van der Waals surface area (Å²) >= 11 is 0. The summed E-state index contributed by atoms with van der Waals surface area (Å²) in [7, 11) is 1.60. The molecule has 4 nitrogen and oxygen atoms in total. The van der Waals surface area contributed by atoms with E-state index in [1.165, 1.54) is 12.5 Å². The van der Waals surface area contributed by atoms with E-state index in [4.69, 9.17) is 14.6 Å². The Bertz CT molecular complexity index is 241. The van der Waals surface area contributed by atoms with Gasteiger partial charge in [0, 0.05) is 7.11 Å². The number of hydrogen-bond donors (Lipinski definition) is 1. The molecular weight excluding hydrogens is 184 g/mol. The van der Waals surface area contributed by atoms with Gasteiger partial charge in [0.2, 0.25) is 0 Å². The van der Waals surface area contributed by atoms with Crippen LogP contribution >= 0.6 is 0 Å². The van der Waals surface area contributed by atoms with Crippen LogP contribution in [0.5, 0.6) is 0 Å². The van der Waals surface area contributed by atoms with E-state index in [1.54, 1.807) is 14.0 Å². The number of ether oxygens (including phenoxy) is 2. The van der Waals surface area contributed by atoms with Gasteiger partial charge in [-0.05, 0) is 25.0 Å². The lowest BCUT2D eigenvalue weighted by Crippen LogP contribution is -1.95. The number of carboxylic acid groups (broad SMARTS) is 1. The fraction of sp³-hybridized carbons (Fsp3) is 0.500. The molecule has 0 radical (unpaired) electrons. The van der Waals surface area contributed by atoms with Gasteiger partial charge in [-0.15, -0.1) is 0 Å². The Morgan fingerprint density at radius 3 is 2.36 bits per heavy atom. The summed E-state index contributed by atoms with van der Waals surface area (Å²) < 4.78 is 9.91. The van der Waals surface area contributed by atoms with E-state index in [9.17, 15) is 4.79 Å². The Labute approximate surface area is 83.8 Å². The highest BCUT2D eigenvalue weighted by molar-refractivity contribution is 5.69. The molecule has 0 aliphatic carbocycles. The van der Waals surface area contributed by atoms with Gasteiger partial charge in [-0.3, -0.25) is 4.79 Å². The summed E-state index contributed by atoms with van der Waals surface area (Å²) in [6, 6.07) is 0. The molecule has 0 atom stereocenters. The SMILES string of the molecule is COC/C(C)=C/O/C=C(\C)CC(=O)O. The first-order chi connectivity index (χ1) is 6.56. The van der Waals surface area contributed by atoms with Crippen molar-refractivity contribution in [2.45, 2.75) is 20.3 Å². The van der Waals surface area contributed by atoms with Gasteiger partial charge in [0.05, 0.1) is 25.6 Å². The number of hydrogen-bond acceptors (Lipinski definition) is 3. The lowest BCUT2D eigenvalue weighted by atomic mass is 10.2. The molecule has 0 rings (SSSR count). The van der Waals surface area contributed by atoms with Crippen LogP contribution in [0.15, 0.2) is 23.7 Å². The van der Waals surface area contributed by atoms with Crippen molar-refractivity contribution >= 4 is 5.97 Å². The fourth-order valence-corrected chi connectivity index (χ4v) is 0.808. The molecule has 0 aliphatic heterocycles. The molecule has 80 valence electrons. The Morgan fingerprint density at radius 1 is 1.29 bits per heavy atom. The van der Waals surface area contributed by atoms with Crippen molar-refractivity contribution in [3.05, 3.63) is 23.7 Å². The van der Waals surface area contributed by atoms with Gasteiger partial charge in [-0.25, -0.2) is 0 Å². The zero-order valence-electron chi connectivity index (χ0n) is 8.74. The lowest BCUT2D eigenvalue weighted by Gasteiger charge is -1.99. The van der Waals surface area contributed by atoms with E-state index in [2.05, 4.69) is 0 Å². The maximum Gasteiger partial charge on any atom is 0.307 e. The molecule has 4 heteroatoms. The molecule has 0 saturated carbocycles. The van der Waals surface area contributed by atoms with Gasteiger partial charge in [-0.1, -0.05) is 0 Å². The number of carbonyl (C=O) groups is 1. The van der Waals surface area contributed by atoms with Gasteiger partial charge in [-0.2, -0.15) is 0 Å². The molecule has 0 bridgehead atoms. The van der Waals surface area contributed by atoms with E-state index >= 15 is 0 Å². The number of aliphatic carboxylic acids is 1. The molecule has 1 N–H and O–H groups in total. The summed E-state index contributed by atoms with van der Waals surface area (Å²) in [6.07, 6.45) is 2.96. The van der Waals surface area contributed by atoms with Crippen molar-refractivity contribution in [1.29, 1.82) is 0 Å². The van der Waals surface area contributed by atoms with E-state index in [-0.39, 0.29) is 6.42 Å². The van der Waals surface area contributed by atoms with Crippen LogP contribution in [0, 0.1) is 0 Å². The first-order valence-electron chi connectivity index (χ1n) is 4.23. The maximum absolute atomic E-state index is 10.3.